The molecule has 0 saturated heterocycles. The molecule has 3 N–H and O–H groups in total. The lowest BCUT2D eigenvalue weighted by Crippen LogP contribution is -2.36. The van der Waals surface area contributed by atoms with Gasteiger partial charge in [0.15, 0.2) is 5.96 Å². The van der Waals surface area contributed by atoms with Crippen molar-refractivity contribution in [3.63, 3.8) is 0 Å². The van der Waals surface area contributed by atoms with Gasteiger partial charge in [-0.25, -0.2) is 18.1 Å². The Labute approximate surface area is 190 Å². The van der Waals surface area contributed by atoms with Gasteiger partial charge < -0.3 is 19.9 Å². The summed E-state index contributed by atoms with van der Waals surface area (Å²) < 4.78 is 34.1. The third-order valence-electron chi connectivity index (χ3n) is 3.92. The van der Waals surface area contributed by atoms with E-state index in [2.05, 4.69) is 20.3 Å². The Morgan fingerprint density at radius 2 is 2.00 bits per heavy atom. The van der Waals surface area contributed by atoms with Gasteiger partial charge in [-0.2, -0.15) is 0 Å². The highest BCUT2D eigenvalue weighted by molar-refractivity contribution is 14.0. The molecular formula is C19H30IN5O3S. The lowest BCUT2D eigenvalue weighted by atomic mass is 10.2. The van der Waals surface area contributed by atoms with E-state index in [0.717, 1.165) is 17.7 Å². The van der Waals surface area contributed by atoms with Crippen LogP contribution in [-0.2, 0) is 34.9 Å². The van der Waals surface area contributed by atoms with Gasteiger partial charge in [-0.05, 0) is 36.2 Å². The van der Waals surface area contributed by atoms with Gasteiger partial charge in [0.1, 0.15) is 0 Å². The van der Waals surface area contributed by atoms with Crippen LogP contribution in [0.3, 0.4) is 0 Å². The van der Waals surface area contributed by atoms with Crippen LogP contribution in [0.2, 0.25) is 0 Å². The predicted octanol–water partition coefficient (Wildman–Crippen LogP) is 1.82. The first-order valence-corrected chi connectivity index (χ1v) is 10.6. The molecule has 0 amide bonds. The molecule has 2 rings (SSSR count). The molecule has 0 fully saturated rings. The first-order valence-electron chi connectivity index (χ1n) is 9.15. The molecule has 0 unspecified atom stereocenters. The largest absolute Gasteiger partial charge is 0.383 e. The number of nitrogens with zero attached hydrogens (tertiary/aromatic N) is 2. The fourth-order valence-electron chi connectivity index (χ4n) is 2.54. The standard InChI is InChI=1S/C19H29N5O3S.HI/c1-4-20-19(22-14-17-8-10-24(2)15-17)21-13-16-6-5-7-18(12-16)28(25,26)23-9-11-27-3;/h5-8,10,12,15,23H,4,9,11,13-14H2,1-3H3,(H2,20,21,22);1H. The predicted molar refractivity (Wildman–Crippen MR) is 126 cm³/mol. The Kier molecular flexibility index (Phi) is 11.2. The summed E-state index contributed by atoms with van der Waals surface area (Å²) in [6.45, 7) is 4.32. The van der Waals surface area contributed by atoms with Gasteiger partial charge in [0.25, 0.3) is 0 Å². The Morgan fingerprint density at radius 1 is 1.21 bits per heavy atom. The number of aliphatic imine (C=N–C) groups is 1. The van der Waals surface area contributed by atoms with Gasteiger partial charge >= 0.3 is 0 Å². The molecule has 8 nitrogen and oxygen atoms in total. The lowest BCUT2D eigenvalue weighted by Gasteiger charge is -2.12. The van der Waals surface area contributed by atoms with Crippen molar-refractivity contribution in [1.29, 1.82) is 0 Å². The maximum absolute atomic E-state index is 12.3. The van der Waals surface area contributed by atoms with Crippen LogP contribution in [0.1, 0.15) is 18.1 Å². The van der Waals surface area contributed by atoms with E-state index in [1.165, 1.54) is 7.11 Å². The zero-order valence-electron chi connectivity index (χ0n) is 17.0. The molecule has 0 aliphatic rings. The summed E-state index contributed by atoms with van der Waals surface area (Å²) in [5.74, 6) is 0.679. The minimum atomic E-state index is -3.55. The van der Waals surface area contributed by atoms with E-state index in [-0.39, 0.29) is 35.4 Å². The zero-order valence-corrected chi connectivity index (χ0v) is 20.2. The topological polar surface area (TPSA) is 96.8 Å². The maximum Gasteiger partial charge on any atom is 0.240 e. The number of guanidine groups is 1. The van der Waals surface area contributed by atoms with Crippen molar-refractivity contribution in [1.82, 2.24) is 19.9 Å². The molecule has 10 heteroatoms. The number of aromatic nitrogens is 1. The number of ether oxygens (including phenoxy) is 1. The third kappa shape index (κ3) is 8.72. The highest BCUT2D eigenvalue weighted by atomic mass is 127. The molecule has 0 saturated carbocycles. The molecular weight excluding hydrogens is 505 g/mol. The molecule has 0 spiro atoms. The summed E-state index contributed by atoms with van der Waals surface area (Å²) >= 11 is 0. The normalized spacial score (nSPS) is 11.8. The van der Waals surface area contributed by atoms with Crippen LogP contribution in [0.4, 0.5) is 0 Å². The van der Waals surface area contributed by atoms with Gasteiger partial charge in [-0.1, -0.05) is 12.1 Å². The number of hydrogen-bond donors (Lipinski definition) is 3. The van der Waals surface area contributed by atoms with Gasteiger partial charge in [0, 0.05) is 46.2 Å². The number of nitrogens with one attached hydrogen (secondary N) is 3. The zero-order chi connectivity index (χ0) is 20.4. The Morgan fingerprint density at radius 3 is 2.66 bits per heavy atom. The van der Waals surface area contributed by atoms with Crippen LogP contribution < -0.4 is 15.4 Å². The molecule has 1 aromatic heterocycles. The van der Waals surface area contributed by atoms with Gasteiger partial charge in [-0.15, -0.1) is 24.0 Å². The van der Waals surface area contributed by atoms with E-state index < -0.39 is 10.0 Å². The molecule has 0 bridgehead atoms. The quantitative estimate of drug-likeness (QED) is 0.187. The van der Waals surface area contributed by atoms with Crippen molar-refractivity contribution in [2.24, 2.45) is 12.0 Å². The second kappa shape index (κ2) is 12.8. The number of benzene rings is 1. The SMILES string of the molecule is CCNC(=NCc1ccn(C)c1)NCc1cccc(S(=O)(=O)NCCOC)c1.I. The molecule has 29 heavy (non-hydrogen) atoms. The third-order valence-corrected chi connectivity index (χ3v) is 5.38. The van der Waals surface area contributed by atoms with Crippen molar-refractivity contribution in [2.75, 3.05) is 26.8 Å². The van der Waals surface area contributed by atoms with Gasteiger partial charge in [0.05, 0.1) is 18.0 Å². The highest BCUT2D eigenvalue weighted by Gasteiger charge is 2.13. The van der Waals surface area contributed by atoms with E-state index in [1.54, 1.807) is 18.2 Å². The van der Waals surface area contributed by atoms with Crippen LogP contribution in [0.15, 0.2) is 52.6 Å². The molecule has 1 heterocycles. The van der Waals surface area contributed by atoms with Crippen LogP contribution in [-0.4, -0.2) is 45.8 Å². The lowest BCUT2D eigenvalue weighted by molar-refractivity contribution is 0.204. The van der Waals surface area contributed by atoms with Crippen molar-refractivity contribution in [2.45, 2.75) is 24.9 Å². The summed E-state index contributed by atoms with van der Waals surface area (Å²) in [4.78, 5) is 4.80. The fraction of sp³-hybridized carbons (Fsp3) is 0.421. The number of halogens is 1. The van der Waals surface area contributed by atoms with E-state index >= 15 is 0 Å². The number of methoxy groups -OCH3 is 1. The molecule has 162 valence electrons. The highest BCUT2D eigenvalue weighted by Crippen LogP contribution is 2.11. The molecule has 1 aromatic carbocycles. The first kappa shape index (κ1) is 25.4. The van der Waals surface area contributed by atoms with Gasteiger partial charge in [-0.3, -0.25) is 0 Å². The molecule has 2 aromatic rings. The second-order valence-corrected chi connectivity index (χ2v) is 8.04. The average Bonchev–Trinajstić information content (AvgIpc) is 3.09. The van der Waals surface area contributed by atoms with Crippen LogP contribution in [0.25, 0.3) is 0 Å². The summed E-state index contributed by atoms with van der Waals surface area (Å²) in [6.07, 6.45) is 4.01. The number of rotatable bonds is 10. The van der Waals surface area contributed by atoms with Crippen molar-refractivity contribution in [3.8, 4) is 0 Å². The molecule has 0 radical (unpaired) electrons. The number of aryl methyl sites for hydroxylation is 1. The van der Waals surface area contributed by atoms with Gasteiger partial charge in [0.2, 0.25) is 10.0 Å². The van der Waals surface area contributed by atoms with Crippen LogP contribution >= 0.6 is 24.0 Å². The second-order valence-electron chi connectivity index (χ2n) is 6.27. The number of hydrogen-bond acceptors (Lipinski definition) is 4. The van der Waals surface area contributed by atoms with Crippen molar-refractivity contribution in [3.05, 3.63) is 53.9 Å². The summed E-state index contributed by atoms with van der Waals surface area (Å²) in [7, 11) is -0.0500. The molecule has 0 aliphatic carbocycles. The summed E-state index contributed by atoms with van der Waals surface area (Å²) in [6, 6.07) is 8.87. The smallest absolute Gasteiger partial charge is 0.240 e. The minimum Gasteiger partial charge on any atom is -0.383 e. The van der Waals surface area contributed by atoms with E-state index in [9.17, 15) is 8.42 Å². The van der Waals surface area contributed by atoms with E-state index in [1.807, 2.05) is 43.1 Å². The summed E-state index contributed by atoms with van der Waals surface area (Å²) in [5, 5.41) is 6.44. The Balaban J connectivity index is 0.00000420. The minimum absolute atomic E-state index is 0. The van der Waals surface area contributed by atoms with E-state index in [4.69, 9.17) is 4.74 Å². The summed E-state index contributed by atoms with van der Waals surface area (Å²) in [5.41, 5.74) is 1.97. The fourth-order valence-corrected chi connectivity index (χ4v) is 3.62. The Bertz CT molecular complexity index is 883. The van der Waals surface area contributed by atoms with Crippen LogP contribution in [0.5, 0.6) is 0 Å². The first-order chi connectivity index (χ1) is 13.4. The Hall–Kier alpha value is -1.63. The molecule has 0 atom stereocenters. The van der Waals surface area contributed by atoms with Crippen LogP contribution in [0, 0.1) is 0 Å². The maximum atomic E-state index is 12.3. The van der Waals surface area contributed by atoms with Crippen molar-refractivity contribution < 1.29 is 13.2 Å². The van der Waals surface area contributed by atoms with E-state index in [0.29, 0.717) is 25.7 Å². The monoisotopic (exact) mass is 535 g/mol. The average molecular weight is 535 g/mol. The number of sulfonamides is 1. The van der Waals surface area contributed by atoms with Crippen molar-refractivity contribution >= 4 is 40.0 Å². The molecule has 0 aliphatic heterocycles.